The van der Waals surface area contributed by atoms with Crippen LogP contribution < -0.4 is 4.80 Å². The van der Waals surface area contributed by atoms with E-state index in [0.29, 0.717) is 19.6 Å². The number of likely N-dealkylation sites (tertiary alicyclic amines) is 1. The van der Waals surface area contributed by atoms with Gasteiger partial charge in [0.1, 0.15) is 0 Å². The van der Waals surface area contributed by atoms with Crippen LogP contribution in [-0.4, -0.2) is 40.2 Å². The molecule has 172 valence electrons. The van der Waals surface area contributed by atoms with Crippen LogP contribution >= 0.6 is 11.3 Å². The Bertz CT molecular complexity index is 1310. The molecule has 0 aliphatic carbocycles. The summed E-state index contributed by atoms with van der Waals surface area (Å²) in [5.74, 6) is -0.898. The SMILES string of the molecule is O=C(O)C1CN(Cc2ccc(CC/N=c3\scc(-c4ccccc4)n3-c3ccccc3)cc2)C1. The summed E-state index contributed by atoms with van der Waals surface area (Å²) in [6.07, 6.45) is 0.873. The molecule has 0 bridgehead atoms. The quantitative estimate of drug-likeness (QED) is 0.401. The van der Waals surface area contributed by atoms with Gasteiger partial charge in [-0.1, -0.05) is 72.8 Å². The Balaban J connectivity index is 1.28. The topological polar surface area (TPSA) is 57.8 Å². The number of hydrogen-bond donors (Lipinski definition) is 1. The second-order valence-electron chi connectivity index (χ2n) is 8.62. The average Bonchev–Trinajstić information content (AvgIpc) is 3.27. The Morgan fingerprint density at radius 3 is 2.24 bits per heavy atom. The molecule has 1 N–H and O–H groups in total. The lowest BCUT2D eigenvalue weighted by Gasteiger charge is -2.36. The van der Waals surface area contributed by atoms with Gasteiger partial charge in [0.25, 0.3) is 0 Å². The van der Waals surface area contributed by atoms with Crippen LogP contribution in [0.5, 0.6) is 0 Å². The van der Waals surface area contributed by atoms with E-state index in [0.717, 1.165) is 29.1 Å². The summed E-state index contributed by atoms with van der Waals surface area (Å²) in [6, 6.07) is 29.4. The molecule has 0 radical (unpaired) electrons. The van der Waals surface area contributed by atoms with E-state index in [2.05, 4.69) is 87.6 Å². The van der Waals surface area contributed by atoms with Gasteiger partial charge in [-0.05, 0) is 35.2 Å². The molecule has 0 amide bonds. The molecule has 6 heteroatoms. The third-order valence-corrected chi connectivity index (χ3v) is 7.04. The lowest BCUT2D eigenvalue weighted by atomic mass is 9.99. The number of aliphatic carboxylic acids is 1. The molecular formula is C28H27N3O2S. The molecule has 0 unspecified atom stereocenters. The van der Waals surface area contributed by atoms with Gasteiger partial charge in [0.2, 0.25) is 0 Å². The van der Waals surface area contributed by atoms with Gasteiger partial charge >= 0.3 is 5.97 Å². The number of rotatable bonds is 8. The number of hydrogen-bond acceptors (Lipinski definition) is 4. The van der Waals surface area contributed by atoms with E-state index >= 15 is 0 Å². The number of thiazole rings is 1. The van der Waals surface area contributed by atoms with Gasteiger partial charge in [-0.25, -0.2) is 0 Å². The minimum absolute atomic E-state index is 0.209. The molecule has 1 saturated heterocycles. The third-order valence-electron chi connectivity index (χ3n) is 6.18. The summed E-state index contributed by atoms with van der Waals surface area (Å²) in [4.78, 5) is 19.1. The fraction of sp³-hybridized carbons (Fsp3) is 0.214. The van der Waals surface area contributed by atoms with Gasteiger partial charge in [-0.3, -0.25) is 19.3 Å². The maximum absolute atomic E-state index is 11.0. The van der Waals surface area contributed by atoms with Gasteiger partial charge in [-0.2, -0.15) is 0 Å². The summed E-state index contributed by atoms with van der Waals surface area (Å²) < 4.78 is 2.24. The molecule has 3 aromatic carbocycles. The fourth-order valence-electron chi connectivity index (χ4n) is 4.26. The van der Waals surface area contributed by atoms with Crippen LogP contribution in [0.15, 0.2) is 95.3 Å². The van der Waals surface area contributed by atoms with Crippen molar-refractivity contribution in [3.8, 4) is 16.9 Å². The predicted molar refractivity (Wildman–Crippen MR) is 136 cm³/mol. The predicted octanol–water partition coefficient (Wildman–Crippen LogP) is 4.87. The van der Waals surface area contributed by atoms with Crippen molar-refractivity contribution in [1.29, 1.82) is 0 Å². The monoisotopic (exact) mass is 469 g/mol. The molecule has 0 spiro atoms. The summed E-state index contributed by atoms with van der Waals surface area (Å²) in [5.41, 5.74) is 5.91. The van der Waals surface area contributed by atoms with Gasteiger partial charge in [0, 0.05) is 37.2 Å². The average molecular weight is 470 g/mol. The van der Waals surface area contributed by atoms with Crippen LogP contribution in [0, 0.1) is 5.92 Å². The zero-order valence-corrected chi connectivity index (χ0v) is 19.7. The fourth-order valence-corrected chi connectivity index (χ4v) is 5.20. The molecule has 5 nitrogen and oxygen atoms in total. The molecule has 1 aliphatic rings. The lowest BCUT2D eigenvalue weighted by molar-refractivity contribution is -0.147. The Morgan fingerprint density at radius 1 is 0.912 bits per heavy atom. The van der Waals surface area contributed by atoms with Crippen molar-refractivity contribution in [2.24, 2.45) is 10.9 Å². The van der Waals surface area contributed by atoms with Gasteiger partial charge in [-0.15, -0.1) is 11.3 Å². The summed E-state index contributed by atoms with van der Waals surface area (Å²) in [5, 5.41) is 11.2. The van der Waals surface area contributed by atoms with Crippen LogP contribution in [0.3, 0.4) is 0 Å². The van der Waals surface area contributed by atoms with Crippen molar-refractivity contribution in [3.63, 3.8) is 0 Å². The molecule has 0 atom stereocenters. The van der Waals surface area contributed by atoms with E-state index in [1.54, 1.807) is 11.3 Å². The first-order chi connectivity index (χ1) is 16.7. The zero-order valence-electron chi connectivity index (χ0n) is 18.9. The Labute approximate surface area is 203 Å². The second-order valence-corrected chi connectivity index (χ2v) is 9.45. The molecule has 2 heterocycles. The molecule has 0 saturated carbocycles. The highest BCUT2D eigenvalue weighted by Gasteiger charge is 2.32. The second kappa shape index (κ2) is 10.2. The number of carboxylic acids is 1. The van der Waals surface area contributed by atoms with Crippen molar-refractivity contribution < 1.29 is 9.90 Å². The van der Waals surface area contributed by atoms with Crippen molar-refractivity contribution in [2.45, 2.75) is 13.0 Å². The van der Waals surface area contributed by atoms with Gasteiger partial charge < -0.3 is 5.11 Å². The Morgan fingerprint density at radius 2 is 1.56 bits per heavy atom. The maximum Gasteiger partial charge on any atom is 0.309 e. The lowest BCUT2D eigenvalue weighted by Crippen LogP contribution is -2.49. The smallest absolute Gasteiger partial charge is 0.309 e. The number of carboxylic acid groups (broad SMARTS) is 1. The molecule has 1 fully saturated rings. The van der Waals surface area contributed by atoms with Crippen molar-refractivity contribution in [2.75, 3.05) is 19.6 Å². The van der Waals surface area contributed by atoms with Crippen LogP contribution in [0.1, 0.15) is 11.1 Å². The Hall–Kier alpha value is -3.48. The van der Waals surface area contributed by atoms with Gasteiger partial charge in [0.05, 0.1) is 11.6 Å². The third kappa shape index (κ3) is 5.03. The van der Waals surface area contributed by atoms with E-state index in [1.807, 2.05) is 12.1 Å². The number of benzene rings is 3. The number of aromatic nitrogens is 1. The normalized spacial score (nSPS) is 14.8. The molecule has 4 aromatic rings. The van der Waals surface area contributed by atoms with Crippen LogP contribution in [0.2, 0.25) is 0 Å². The summed E-state index contributed by atoms with van der Waals surface area (Å²) in [7, 11) is 0. The van der Waals surface area contributed by atoms with E-state index < -0.39 is 5.97 Å². The summed E-state index contributed by atoms with van der Waals surface area (Å²) >= 11 is 1.67. The first-order valence-electron chi connectivity index (χ1n) is 11.5. The number of para-hydroxylation sites is 1. The van der Waals surface area contributed by atoms with Crippen molar-refractivity contribution in [1.82, 2.24) is 9.47 Å². The zero-order chi connectivity index (χ0) is 23.3. The highest BCUT2D eigenvalue weighted by atomic mass is 32.1. The highest BCUT2D eigenvalue weighted by molar-refractivity contribution is 7.07. The molecular weight excluding hydrogens is 442 g/mol. The van der Waals surface area contributed by atoms with Gasteiger partial charge in [0.15, 0.2) is 4.80 Å². The summed E-state index contributed by atoms with van der Waals surface area (Å²) in [6.45, 7) is 2.81. The molecule has 1 aromatic heterocycles. The van der Waals surface area contributed by atoms with Crippen LogP contribution in [0.25, 0.3) is 16.9 Å². The van der Waals surface area contributed by atoms with E-state index in [-0.39, 0.29) is 5.92 Å². The largest absolute Gasteiger partial charge is 0.481 e. The highest BCUT2D eigenvalue weighted by Crippen LogP contribution is 2.23. The van der Waals surface area contributed by atoms with Crippen molar-refractivity contribution >= 4 is 17.3 Å². The number of carbonyl (C=O) groups is 1. The standard InChI is InChI=1S/C28H27N3O2S/c32-27(33)24-18-30(19-24)17-22-13-11-21(12-14-22)15-16-29-28-31(25-9-5-2-6-10-25)26(20-34-28)23-7-3-1-4-8-23/h1-14,20,24H,15-19H2,(H,32,33)/b29-28-. The first-order valence-corrected chi connectivity index (χ1v) is 12.4. The minimum atomic E-state index is -0.689. The molecule has 1 aliphatic heterocycles. The van der Waals surface area contributed by atoms with Crippen LogP contribution in [-0.2, 0) is 17.8 Å². The minimum Gasteiger partial charge on any atom is -0.481 e. The molecule has 5 rings (SSSR count). The Kier molecular flexibility index (Phi) is 6.70. The first kappa shape index (κ1) is 22.3. The molecule has 34 heavy (non-hydrogen) atoms. The van der Waals surface area contributed by atoms with E-state index in [1.165, 1.54) is 16.7 Å². The van der Waals surface area contributed by atoms with Crippen LogP contribution in [0.4, 0.5) is 0 Å². The van der Waals surface area contributed by atoms with Crippen molar-refractivity contribution in [3.05, 3.63) is 106 Å². The maximum atomic E-state index is 11.0. The number of nitrogens with zero attached hydrogens (tertiary/aromatic N) is 3. The van der Waals surface area contributed by atoms with E-state index in [9.17, 15) is 4.79 Å². The van der Waals surface area contributed by atoms with E-state index in [4.69, 9.17) is 10.1 Å².